The zero-order chi connectivity index (χ0) is 26.4. The standard InChI is InChI=1S/C29H24N2O6S/c1-18-7-14-26-24(15-18)31(38(33,34)21-11-9-20(35-2)10-12-21)17-28(37-26)29(32)30-19-8-13-23-22-5-3-4-6-25(22)36-27(23)16-19/h3-16,28H,17H2,1-2H3,(H,30,32)/t28-/m1/s1. The fraction of sp³-hybridized carbons (Fsp3) is 0.138. The number of ether oxygens (including phenoxy) is 2. The molecular weight excluding hydrogens is 504 g/mol. The van der Waals surface area contributed by atoms with E-state index in [0.29, 0.717) is 28.5 Å². The number of hydrogen-bond donors (Lipinski definition) is 1. The Hall–Kier alpha value is -4.50. The number of rotatable bonds is 5. The maximum Gasteiger partial charge on any atom is 0.267 e. The first-order valence-electron chi connectivity index (χ1n) is 12.0. The number of furan rings is 1. The highest BCUT2D eigenvalue weighted by molar-refractivity contribution is 7.92. The molecule has 0 radical (unpaired) electrons. The van der Waals surface area contributed by atoms with Crippen molar-refractivity contribution in [2.24, 2.45) is 0 Å². The second-order valence-corrected chi connectivity index (χ2v) is 11.0. The Morgan fingerprint density at radius 1 is 0.947 bits per heavy atom. The highest BCUT2D eigenvalue weighted by Gasteiger charge is 2.37. The van der Waals surface area contributed by atoms with Crippen LogP contribution < -0.4 is 19.1 Å². The minimum atomic E-state index is -4.00. The number of fused-ring (bicyclic) bond motifs is 4. The minimum Gasteiger partial charge on any atom is -0.497 e. The summed E-state index contributed by atoms with van der Waals surface area (Å²) in [5.74, 6) is 0.384. The molecule has 1 aromatic heterocycles. The maximum atomic E-state index is 13.7. The number of carbonyl (C=O) groups excluding carboxylic acids is 1. The summed E-state index contributed by atoms with van der Waals surface area (Å²) < 4.78 is 45.7. The lowest BCUT2D eigenvalue weighted by Crippen LogP contribution is -2.48. The molecule has 6 rings (SSSR count). The van der Waals surface area contributed by atoms with E-state index in [4.69, 9.17) is 13.9 Å². The summed E-state index contributed by atoms with van der Waals surface area (Å²) >= 11 is 0. The Labute approximate surface area is 219 Å². The van der Waals surface area contributed by atoms with Gasteiger partial charge in [-0.05, 0) is 67.1 Å². The molecule has 1 aliphatic rings. The number of methoxy groups -OCH3 is 1. The van der Waals surface area contributed by atoms with Crippen molar-refractivity contribution in [3.8, 4) is 11.5 Å². The molecule has 1 amide bonds. The Bertz CT molecular complexity index is 1790. The molecule has 1 aliphatic heterocycles. The van der Waals surface area contributed by atoms with Gasteiger partial charge in [0.15, 0.2) is 6.10 Å². The van der Waals surface area contributed by atoms with Crippen LogP contribution in [0.2, 0.25) is 0 Å². The molecule has 38 heavy (non-hydrogen) atoms. The Morgan fingerprint density at radius 2 is 1.71 bits per heavy atom. The van der Waals surface area contributed by atoms with Crippen LogP contribution in [-0.2, 0) is 14.8 Å². The Kier molecular flexibility index (Phi) is 5.72. The smallest absolute Gasteiger partial charge is 0.267 e. The van der Waals surface area contributed by atoms with Crippen LogP contribution >= 0.6 is 0 Å². The van der Waals surface area contributed by atoms with Crippen molar-refractivity contribution in [2.75, 3.05) is 23.3 Å². The van der Waals surface area contributed by atoms with Gasteiger partial charge < -0.3 is 19.2 Å². The third-order valence-electron chi connectivity index (χ3n) is 6.57. The van der Waals surface area contributed by atoms with Crippen LogP contribution in [0, 0.1) is 6.92 Å². The van der Waals surface area contributed by atoms with E-state index in [1.54, 1.807) is 36.4 Å². The normalized spacial score (nSPS) is 15.2. The molecule has 192 valence electrons. The van der Waals surface area contributed by atoms with Gasteiger partial charge in [-0.25, -0.2) is 8.42 Å². The van der Waals surface area contributed by atoms with Gasteiger partial charge in [0.05, 0.1) is 24.2 Å². The molecule has 1 N–H and O–H groups in total. The minimum absolute atomic E-state index is 0.0853. The topological polar surface area (TPSA) is 98.1 Å². The van der Waals surface area contributed by atoms with Crippen molar-refractivity contribution in [3.63, 3.8) is 0 Å². The SMILES string of the molecule is COc1ccc(S(=O)(=O)N2C[C@H](C(=O)Nc3ccc4c(c3)oc3ccccc34)Oc3ccc(C)cc32)cc1. The molecule has 0 spiro atoms. The fourth-order valence-electron chi connectivity index (χ4n) is 4.63. The zero-order valence-electron chi connectivity index (χ0n) is 20.7. The molecule has 8 nitrogen and oxygen atoms in total. The molecule has 0 saturated heterocycles. The van der Waals surface area contributed by atoms with Crippen LogP contribution in [0.4, 0.5) is 11.4 Å². The van der Waals surface area contributed by atoms with Crippen LogP contribution in [0.5, 0.6) is 11.5 Å². The Morgan fingerprint density at radius 3 is 2.50 bits per heavy atom. The number of hydrogen-bond acceptors (Lipinski definition) is 6. The molecule has 1 atom stereocenters. The van der Waals surface area contributed by atoms with Crippen molar-refractivity contribution >= 4 is 49.2 Å². The van der Waals surface area contributed by atoms with E-state index < -0.39 is 22.0 Å². The number of para-hydroxylation sites is 1. The van der Waals surface area contributed by atoms with Crippen LogP contribution in [0.1, 0.15) is 5.56 Å². The summed E-state index contributed by atoms with van der Waals surface area (Å²) in [5, 5.41) is 4.78. The summed E-state index contributed by atoms with van der Waals surface area (Å²) in [6, 6.07) is 24.5. The lowest BCUT2D eigenvalue weighted by molar-refractivity contribution is -0.122. The average Bonchev–Trinajstić information content (AvgIpc) is 3.30. The first-order valence-corrected chi connectivity index (χ1v) is 13.4. The van der Waals surface area contributed by atoms with Gasteiger partial charge in [0, 0.05) is 22.5 Å². The van der Waals surface area contributed by atoms with E-state index in [-0.39, 0.29) is 11.4 Å². The molecule has 5 aromatic rings. The van der Waals surface area contributed by atoms with E-state index in [1.165, 1.54) is 23.5 Å². The van der Waals surface area contributed by atoms with E-state index in [9.17, 15) is 13.2 Å². The van der Waals surface area contributed by atoms with Gasteiger partial charge in [0.2, 0.25) is 0 Å². The van der Waals surface area contributed by atoms with Crippen LogP contribution in [0.15, 0.2) is 94.2 Å². The summed E-state index contributed by atoms with van der Waals surface area (Å²) in [4.78, 5) is 13.4. The van der Waals surface area contributed by atoms with Gasteiger partial charge in [-0.2, -0.15) is 0 Å². The summed E-state index contributed by atoms with van der Waals surface area (Å²) in [6.45, 7) is 1.68. The van der Waals surface area contributed by atoms with E-state index >= 15 is 0 Å². The number of nitrogens with zero attached hydrogens (tertiary/aromatic N) is 1. The molecule has 2 heterocycles. The van der Waals surface area contributed by atoms with Gasteiger partial charge in [0.1, 0.15) is 22.7 Å². The summed E-state index contributed by atoms with van der Waals surface area (Å²) in [5.41, 5.74) is 3.16. The van der Waals surface area contributed by atoms with Gasteiger partial charge in [-0.3, -0.25) is 9.10 Å². The predicted octanol–water partition coefficient (Wildman–Crippen LogP) is 5.50. The first kappa shape index (κ1) is 23.9. The number of benzene rings is 4. The zero-order valence-corrected chi connectivity index (χ0v) is 21.5. The third kappa shape index (κ3) is 4.10. The number of aryl methyl sites for hydroxylation is 1. The lowest BCUT2D eigenvalue weighted by Gasteiger charge is -2.35. The van der Waals surface area contributed by atoms with Crippen molar-refractivity contribution in [1.82, 2.24) is 0 Å². The van der Waals surface area contributed by atoms with Crippen LogP contribution in [-0.4, -0.2) is 34.1 Å². The van der Waals surface area contributed by atoms with E-state index in [1.807, 2.05) is 43.3 Å². The number of sulfonamides is 1. The molecule has 0 aliphatic carbocycles. The second-order valence-electron chi connectivity index (χ2n) is 9.09. The lowest BCUT2D eigenvalue weighted by atomic mass is 10.1. The highest BCUT2D eigenvalue weighted by Crippen LogP contribution is 2.38. The number of amides is 1. The van der Waals surface area contributed by atoms with Crippen molar-refractivity contribution in [2.45, 2.75) is 17.9 Å². The summed E-state index contributed by atoms with van der Waals surface area (Å²) in [7, 11) is -2.48. The fourth-order valence-corrected chi connectivity index (χ4v) is 6.09. The van der Waals surface area contributed by atoms with Gasteiger partial charge in [-0.15, -0.1) is 0 Å². The molecule has 4 aromatic carbocycles. The number of nitrogens with one attached hydrogen (secondary N) is 1. The van der Waals surface area contributed by atoms with Crippen LogP contribution in [0.25, 0.3) is 21.9 Å². The Balaban J connectivity index is 1.31. The second kappa shape index (κ2) is 9.11. The van der Waals surface area contributed by atoms with Crippen molar-refractivity contribution in [1.29, 1.82) is 0 Å². The van der Waals surface area contributed by atoms with E-state index in [2.05, 4.69) is 5.32 Å². The molecule has 9 heteroatoms. The van der Waals surface area contributed by atoms with Crippen LogP contribution in [0.3, 0.4) is 0 Å². The molecular formula is C29H24N2O6S. The predicted molar refractivity (Wildman–Crippen MR) is 145 cm³/mol. The quantitative estimate of drug-likeness (QED) is 0.324. The van der Waals surface area contributed by atoms with Gasteiger partial charge in [-0.1, -0.05) is 24.3 Å². The van der Waals surface area contributed by atoms with Gasteiger partial charge in [0.25, 0.3) is 15.9 Å². The third-order valence-corrected chi connectivity index (χ3v) is 8.36. The average molecular weight is 529 g/mol. The monoisotopic (exact) mass is 528 g/mol. The number of carbonyl (C=O) groups is 1. The van der Waals surface area contributed by atoms with Gasteiger partial charge >= 0.3 is 0 Å². The van der Waals surface area contributed by atoms with Crippen molar-refractivity contribution < 1.29 is 27.1 Å². The molecule has 0 saturated carbocycles. The molecule has 0 unspecified atom stereocenters. The summed E-state index contributed by atoms with van der Waals surface area (Å²) in [6.07, 6.45) is -1.08. The molecule has 0 bridgehead atoms. The van der Waals surface area contributed by atoms with Crippen molar-refractivity contribution in [3.05, 3.63) is 90.5 Å². The first-order chi connectivity index (χ1) is 18.3. The maximum absolute atomic E-state index is 13.7. The highest BCUT2D eigenvalue weighted by atomic mass is 32.2. The number of anilines is 2. The van der Waals surface area contributed by atoms with E-state index in [0.717, 1.165) is 21.9 Å². The molecule has 0 fully saturated rings. The largest absolute Gasteiger partial charge is 0.497 e.